The van der Waals surface area contributed by atoms with Crippen molar-refractivity contribution in [3.8, 4) is 11.5 Å². The summed E-state index contributed by atoms with van der Waals surface area (Å²) in [5, 5.41) is 19.2. The number of hydrogen-bond acceptors (Lipinski definition) is 3. The minimum Gasteiger partial charge on any atom is -0.504 e. The van der Waals surface area contributed by atoms with Gasteiger partial charge in [0.1, 0.15) is 0 Å². The molecule has 0 unspecified atom stereocenters. The molecule has 104 valence electrons. The van der Waals surface area contributed by atoms with Crippen LogP contribution in [0.2, 0.25) is 0 Å². The van der Waals surface area contributed by atoms with E-state index >= 15 is 0 Å². The zero-order chi connectivity index (χ0) is 14.7. The number of aromatic hydroxyl groups is 2. The first-order valence-corrected chi connectivity index (χ1v) is 6.79. The molecule has 0 aromatic heterocycles. The molecule has 2 rings (SSSR count). The Labute approximate surface area is 125 Å². The summed E-state index contributed by atoms with van der Waals surface area (Å²) in [6.45, 7) is 0.410. The monoisotopic (exact) mass is 335 g/mol. The molecule has 0 fully saturated rings. The Morgan fingerprint density at radius 1 is 1.20 bits per heavy atom. The van der Waals surface area contributed by atoms with Crippen LogP contribution in [-0.4, -0.2) is 28.1 Å². The van der Waals surface area contributed by atoms with E-state index < -0.39 is 5.75 Å². The fraction of sp³-hybridized carbons (Fsp3) is 0.133. The van der Waals surface area contributed by atoms with Gasteiger partial charge in [-0.15, -0.1) is 0 Å². The Bertz CT molecular complexity index is 643. The molecule has 2 aromatic carbocycles. The molecule has 0 saturated carbocycles. The first kappa shape index (κ1) is 14.4. The van der Waals surface area contributed by atoms with Gasteiger partial charge in [-0.1, -0.05) is 34.1 Å². The second-order valence-electron chi connectivity index (χ2n) is 4.46. The van der Waals surface area contributed by atoms with E-state index in [1.807, 2.05) is 24.3 Å². The van der Waals surface area contributed by atoms with Gasteiger partial charge in [0.2, 0.25) is 0 Å². The van der Waals surface area contributed by atoms with E-state index in [-0.39, 0.29) is 17.2 Å². The van der Waals surface area contributed by atoms with Gasteiger partial charge in [-0.25, -0.2) is 0 Å². The summed E-state index contributed by atoms with van der Waals surface area (Å²) in [4.78, 5) is 13.7. The number of amides is 1. The van der Waals surface area contributed by atoms with Crippen LogP contribution in [0.25, 0.3) is 0 Å². The molecule has 0 aliphatic rings. The van der Waals surface area contributed by atoms with Gasteiger partial charge in [-0.2, -0.15) is 0 Å². The summed E-state index contributed by atoms with van der Waals surface area (Å²) in [7, 11) is 1.65. The summed E-state index contributed by atoms with van der Waals surface area (Å²) >= 11 is 3.38. The van der Waals surface area contributed by atoms with Crippen molar-refractivity contribution in [2.24, 2.45) is 0 Å². The van der Waals surface area contributed by atoms with Gasteiger partial charge in [0, 0.05) is 18.1 Å². The highest BCUT2D eigenvalue weighted by atomic mass is 79.9. The number of rotatable bonds is 3. The van der Waals surface area contributed by atoms with E-state index in [0.29, 0.717) is 6.54 Å². The lowest BCUT2D eigenvalue weighted by Crippen LogP contribution is -2.26. The van der Waals surface area contributed by atoms with Gasteiger partial charge >= 0.3 is 0 Å². The van der Waals surface area contributed by atoms with E-state index in [4.69, 9.17) is 0 Å². The largest absolute Gasteiger partial charge is 0.504 e. The van der Waals surface area contributed by atoms with Crippen LogP contribution in [0.1, 0.15) is 15.9 Å². The maximum atomic E-state index is 12.3. The first-order chi connectivity index (χ1) is 9.49. The van der Waals surface area contributed by atoms with Gasteiger partial charge < -0.3 is 15.1 Å². The molecule has 1 amide bonds. The maximum Gasteiger partial charge on any atom is 0.257 e. The number of phenols is 2. The van der Waals surface area contributed by atoms with Crippen LogP contribution < -0.4 is 0 Å². The molecule has 0 aliphatic carbocycles. The molecule has 0 atom stereocenters. The van der Waals surface area contributed by atoms with Gasteiger partial charge in [0.05, 0.1) is 5.56 Å². The van der Waals surface area contributed by atoms with Crippen molar-refractivity contribution >= 4 is 21.8 Å². The lowest BCUT2D eigenvalue weighted by atomic mass is 10.1. The molecule has 20 heavy (non-hydrogen) atoms. The number of nitrogens with zero attached hydrogens (tertiary/aromatic N) is 1. The quantitative estimate of drug-likeness (QED) is 0.847. The van der Waals surface area contributed by atoms with Crippen molar-refractivity contribution in [1.82, 2.24) is 4.90 Å². The fourth-order valence-electron chi connectivity index (χ4n) is 1.89. The summed E-state index contributed by atoms with van der Waals surface area (Å²) in [5.41, 5.74) is 1.05. The van der Waals surface area contributed by atoms with Crippen LogP contribution in [0, 0.1) is 0 Å². The molecule has 0 radical (unpaired) electrons. The minimum atomic E-state index is -0.390. The second-order valence-corrected chi connectivity index (χ2v) is 5.38. The van der Waals surface area contributed by atoms with Crippen LogP contribution in [0.5, 0.6) is 11.5 Å². The third kappa shape index (κ3) is 3.11. The molecule has 0 bridgehead atoms. The van der Waals surface area contributed by atoms with Crippen molar-refractivity contribution in [2.75, 3.05) is 7.05 Å². The molecular weight excluding hydrogens is 322 g/mol. The molecule has 2 aromatic rings. The predicted molar refractivity (Wildman–Crippen MR) is 79.7 cm³/mol. The van der Waals surface area contributed by atoms with Gasteiger partial charge in [0.15, 0.2) is 11.5 Å². The third-order valence-electron chi connectivity index (χ3n) is 2.90. The van der Waals surface area contributed by atoms with Crippen molar-refractivity contribution in [3.63, 3.8) is 0 Å². The van der Waals surface area contributed by atoms with E-state index in [2.05, 4.69) is 15.9 Å². The van der Waals surface area contributed by atoms with Crippen LogP contribution in [0.3, 0.4) is 0 Å². The lowest BCUT2D eigenvalue weighted by molar-refractivity contribution is 0.0781. The number of benzene rings is 2. The fourth-order valence-corrected chi connectivity index (χ4v) is 2.34. The van der Waals surface area contributed by atoms with Gasteiger partial charge in [0.25, 0.3) is 5.91 Å². The molecular formula is C15H14BrNO3. The van der Waals surface area contributed by atoms with E-state index in [9.17, 15) is 15.0 Å². The van der Waals surface area contributed by atoms with Crippen LogP contribution in [-0.2, 0) is 6.54 Å². The number of halogens is 1. The number of phenolic OH excluding ortho intramolecular Hbond substituents is 2. The molecule has 0 aliphatic heterocycles. The summed E-state index contributed by atoms with van der Waals surface area (Å²) in [5.74, 6) is -1.04. The number of carbonyl (C=O) groups excluding carboxylic acids is 1. The molecule has 2 N–H and O–H groups in total. The third-order valence-corrected chi connectivity index (χ3v) is 3.39. The Morgan fingerprint density at radius 3 is 2.60 bits per heavy atom. The Hall–Kier alpha value is -2.01. The maximum absolute atomic E-state index is 12.3. The molecule has 0 spiro atoms. The van der Waals surface area contributed by atoms with Crippen molar-refractivity contribution in [1.29, 1.82) is 0 Å². The van der Waals surface area contributed by atoms with Crippen molar-refractivity contribution in [3.05, 3.63) is 58.1 Å². The first-order valence-electron chi connectivity index (χ1n) is 6.00. The SMILES string of the molecule is CN(Cc1cccc(Br)c1)C(=O)c1cccc(O)c1O. The Morgan fingerprint density at radius 2 is 1.90 bits per heavy atom. The Kier molecular flexibility index (Phi) is 4.29. The predicted octanol–water partition coefficient (Wildman–Crippen LogP) is 3.13. The van der Waals surface area contributed by atoms with E-state index in [0.717, 1.165) is 10.0 Å². The number of carbonyl (C=O) groups is 1. The zero-order valence-corrected chi connectivity index (χ0v) is 12.5. The zero-order valence-electron chi connectivity index (χ0n) is 10.9. The van der Waals surface area contributed by atoms with Crippen LogP contribution in [0.4, 0.5) is 0 Å². The molecule has 0 heterocycles. The Balaban J connectivity index is 2.19. The highest BCUT2D eigenvalue weighted by Crippen LogP contribution is 2.29. The van der Waals surface area contributed by atoms with Crippen LogP contribution >= 0.6 is 15.9 Å². The second kappa shape index (κ2) is 5.96. The molecule has 4 nitrogen and oxygen atoms in total. The van der Waals surface area contributed by atoms with Crippen LogP contribution in [0.15, 0.2) is 46.9 Å². The van der Waals surface area contributed by atoms with E-state index in [1.165, 1.54) is 23.1 Å². The summed E-state index contributed by atoms with van der Waals surface area (Å²) in [6, 6.07) is 12.0. The summed E-state index contributed by atoms with van der Waals surface area (Å²) in [6.07, 6.45) is 0. The molecule has 0 saturated heterocycles. The highest BCUT2D eigenvalue weighted by Gasteiger charge is 2.17. The van der Waals surface area contributed by atoms with Crippen molar-refractivity contribution in [2.45, 2.75) is 6.54 Å². The number of hydrogen-bond donors (Lipinski definition) is 2. The lowest BCUT2D eigenvalue weighted by Gasteiger charge is -2.18. The topological polar surface area (TPSA) is 60.8 Å². The smallest absolute Gasteiger partial charge is 0.257 e. The molecule has 5 heteroatoms. The average molecular weight is 336 g/mol. The van der Waals surface area contributed by atoms with E-state index in [1.54, 1.807) is 7.05 Å². The normalized spacial score (nSPS) is 10.3. The van der Waals surface area contributed by atoms with Gasteiger partial charge in [-0.3, -0.25) is 4.79 Å². The standard InChI is InChI=1S/C15H14BrNO3/c1-17(9-10-4-2-5-11(16)8-10)15(20)12-6-3-7-13(18)14(12)19/h2-8,18-19H,9H2,1H3. The number of para-hydroxylation sites is 1. The van der Waals surface area contributed by atoms with Crippen molar-refractivity contribution < 1.29 is 15.0 Å². The minimum absolute atomic E-state index is 0.0856. The average Bonchev–Trinajstić information content (AvgIpc) is 2.41. The summed E-state index contributed by atoms with van der Waals surface area (Å²) < 4.78 is 0.941. The van der Waals surface area contributed by atoms with Gasteiger partial charge in [-0.05, 0) is 29.8 Å². The highest BCUT2D eigenvalue weighted by molar-refractivity contribution is 9.10.